The standard InChI is InChI=1S/C15H16O3/c1-4-8-13(5-2)18-11-12-9-6-7-10-14(12)15(16)17-3/h4-10H,1-2,11H2,3H3/b13-8+. The summed E-state index contributed by atoms with van der Waals surface area (Å²) >= 11 is 0. The number of carbonyl (C=O) groups excluding carboxylic acids is 1. The van der Waals surface area contributed by atoms with Crippen molar-refractivity contribution in [2.45, 2.75) is 6.61 Å². The average Bonchev–Trinajstić information content (AvgIpc) is 2.43. The van der Waals surface area contributed by atoms with Gasteiger partial charge in [0, 0.05) is 5.56 Å². The van der Waals surface area contributed by atoms with Gasteiger partial charge in [0.15, 0.2) is 0 Å². The van der Waals surface area contributed by atoms with Gasteiger partial charge in [0.05, 0.1) is 12.7 Å². The Labute approximate surface area is 107 Å². The van der Waals surface area contributed by atoms with Gasteiger partial charge < -0.3 is 9.47 Å². The third kappa shape index (κ3) is 3.63. The van der Waals surface area contributed by atoms with Crippen molar-refractivity contribution in [2.75, 3.05) is 7.11 Å². The van der Waals surface area contributed by atoms with Crippen LogP contribution in [0.3, 0.4) is 0 Å². The maximum absolute atomic E-state index is 11.5. The first kappa shape index (κ1) is 13.8. The molecule has 1 aromatic rings. The maximum atomic E-state index is 11.5. The Kier molecular flexibility index (Phi) is 5.45. The van der Waals surface area contributed by atoms with Crippen LogP contribution in [0.4, 0.5) is 0 Å². The summed E-state index contributed by atoms with van der Waals surface area (Å²) in [6.07, 6.45) is 4.90. The summed E-state index contributed by atoms with van der Waals surface area (Å²) in [4.78, 5) is 11.5. The van der Waals surface area contributed by atoms with Gasteiger partial charge in [-0.15, -0.1) is 0 Å². The van der Waals surface area contributed by atoms with E-state index in [4.69, 9.17) is 9.47 Å². The molecule has 0 saturated heterocycles. The first-order chi connectivity index (χ1) is 8.72. The SMILES string of the molecule is C=C/C=C(\C=C)OCc1ccccc1C(=O)OC. The number of rotatable bonds is 6. The molecular formula is C15H16O3. The van der Waals surface area contributed by atoms with Crippen molar-refractivity contribution in [1.82, 2.24) is 0 Å². The molecular weight excluding hydrogens is 228 g/mol. The Balaban J connectivity index is 2.84. The second-order valence-corrected chi connectivity index (χ2v) is 3.45. The fourth-order valence-electron chi connectivity index (χ4n) is 1.41. The van der Waals surface area contributed by atoms with Crippen LogP contribution in [-0.4, -0.2) is 13.1 Å². The molecule has 0 aromatic heterocycles. The van der Waals surface area contributed by atoms with Crippen LogP contribution in [0.15, 0.2) is 61.4 Å². The molecule has 0 N–H and O–H groups in total. The molecule has 3 nitrogen and oxygen atoms in total. The van der Waals surface area contributed by atoms with Crippen molar-refractivity contribution in [1.29, 1.82) is 0 Å². The lowest BCUT2D eigenvalue weighted by molar-refractivity contribution is 0.0596. The lowest BCUT2D eigenvalue weighted by Gasteiger charge is -2.10. The summed E-state index contributed by atoms with van der Waals surface area (Å²) in [5, 5.41) is 0. The van der Waals surface area contributed by atoms with Gasteiger partial charge in [-0.3, -0.25) is 0 Å². The molecule has 0 radical (unpaired) electrons. The number of allylic oxidation sites excluding steroid dienone is 3. The molecule has 0 aliphatic carbocycles. The van der Waals surface area contributed by atoms with Crippen molar-refractivity contribution >= 4 is 5.97 Å². The van der Waals surface area contributed by atoms with Crippen LogP contribution < -0.4 is 0 Å². The number of ether oxygens (including phenoxy) is 2. The van der Waals surface area contributed by atoms with Crippen LogP contribution in [0.2, 0.25) is 0 Å². The predicted octanol–water partition coefficient (Wildman–Crippen LogP) is 3.25. The van der Waals surface area contributed by atoms with Gasteiger partial charge in [0.1, 0.15) is 12.4 Å². The Morgan fingerprint density at radius 3 is 2.67 bits per heavy atom. The highest BCUT2D eigenvalue weighted by Gasteiger charge is 2.11. The van der Waals surface area contributed by atoms with Crippen molar-refractivity contribution in [3.05, 3.63) is 72.5 Å². The second-order valence-electron chi connectivity index (χ2n) is 3.45. The summed E-state index contributed by atoms with van der Waals surface area (Å²) in [7, 11) is 1.35. The van der Waals surface area contributed by atoms with E-state index < -0.39 is 0 Å². The molecule has 0 spiro atoms. The van der Waals surface area contributed by atoms with Crippen molar-refractivity contribution in [3.8, 4) is 0 Å². The van der Waals surface area contributed by atoms with Gasteiger partial charge >= 0.3 is 5.97 Å². The van der Waals surface area contributed by atoms with Crippen molar-refractivity contribution < 1.29 is 14.3 Å². The predicted molar refractivity (Wildman–Crippen MR) is 71.0 cm³/mol. The number of hydrogen-bond acceptors (Lipinski definition) is 3. The first-order valence-corrected chi connectivity index (χ1v) is 5.47. The number of benzene rings is 1. The van der Waals surface area contributed by atoms with Gasteiger partial charge in [-0.1, -0.05) is 37.4 Å². The smallest absolute Gasteiger partial charge is 0.338 e. The van der Waals surface area contributed by atoms with Gasteiger partial charge in [0.25, 0.3) is 0 Å². The Morgan fingerprint density at radius 1 is 1.33 bits per heavy atom. The Bertz CT molecular complexity index is 472. The summed E-state index contributed by atoms with van der Waals surface area (Å²) in [5.74, 6) is 0.228. The van der Waals surface area contributed by atoms with E-state index in [2.05, 4.69) is 13.2 Å². The zero-order valence-electron chi connectivity index (χ0n) is 10.4. The highest BCUT2D eigenvalue weighted by Crippen LogP contribution is 2.13. The molecule has 18 heavy (non-hydrogen) atoms. The van der Waals surface area contributed by atoms with E-state index in [-0.39, 0.29) is 12.6 Å². The van der Waals surface area contributed by atoms with E-state index in [0.29, 0.717) is 11.3 Å². The van der Waals surface area contributed by atoms with Gasteiger partial charge in [-0.05, 0) is 18.2 Å². The maximum Gasteiger partial charge on any atom is 0.338 e. The molecule has 0 fully saturated rings. The van der Waals surface area contributed by atoms with E-state index >= 15 is 0 Å². The molecule has 0 aliphatic heterocycles. The quantitative estimate of drug-likeness (QED) is 0.438. The molecule has 0 heterocycles. The molecule has 1 aromatic carbocycles. The van der Waals surface area contributed by atoms with Crippen LogP contribution in [0.1, 0.15) is 15.9 Å². The summed E-state index contributed by atoms with van der Waals surface area (Å²) in [6.45, 7) is 7.49. The number of hydrogen-bond donors (Lipinski definition) is 0. The topological polar surface area (TPSA) is 35.5 Å². The molecule has 0 unspecified atom stereocenters. The molecule has 3 heteroatoms. The minimum absolute atomic E-state index is 0.275. The molecule has 0 aliphatic rings. The van der Waals surface area contributed by atoms with E-state index in [9.17, 15) is 4.79 Å². The molecule has 0 amide bonds. The van der Waals surface area contributed by atoms with Crippen molar-refractivity contribution in [3.63, 3.8) is 0 Å². The fourth-order valence-corrected chi connectivity index (χ4v) is 1.41. The van der Waals surface area contributed by atoms with Crippen molar-refractivity contribution in [2.24, 2.45) is 0 Å². The van der Waals surface area contributed by atoms with Crippen LogP contribution in [0, 0.1) is 0 Å². The zero-order valence-corrected chi connectivity index (χ0v) is 10.4. The van der Waals surface area contributed by atoms with Gasteiger partial charge in [-0.25, -0.2) is 4.79 Å². The minimum atomic E-state index is -0.373. The lowest BCUT2D eigenvalue weighted by Crippen LogP contribution is -2.06. The van der Waals surface area contributed by atoms with Gasteiger partial charge in [0.2, 0.25) is 0 Å². The normalized spacial score (nSPS) is 10.6. The third-order valence-electron chi connectivity index (χ3n) is 2.30. The number of methoxy groups -OCH3 is 1. The third-order valence-corrected chi connectivity index (χ3v) is 2.30. The highest BCUT2D eigenvalue weighted by atomic mass is 16.5. The fraction of sp³-hybridized carbons (Fsp3) is 0.133. The van der Waals surface area contributed by atoms with Crippen LogP contribution in [0.25, 0.3) is 0 Å². The summed E-state index contributed by atoms with van der Waals surface area (Å²) < 4.78 is 10.2. The van der Waals surface area contributed by atoms with E-state index in [1.807, 2.05) is 12.1 Å². The Morgan fingerprint density at radius 2 is 2.06 bits per heavy atom. The van der Waals surface area contributed by atoms with E-state index in [1.54, 1.807) is 30.4 Å². The number of esters is 1. The average molecular weight is 244 g/mol. The largest absolute Gasteiger partial charge is 0.489 e. The number of carbonyl (C=O) groups is 1. The first-order valence-electron chi connectivity index (χ1n) is 5.47. The zero-order chi connectivity index (χ0) is 13.4. The van der Waals surface area contributed by atoms with E-state index in [0.717, 1.165) is 5.56 Å². The molecule has 1 rings (SSSR count). The lowest BCUT2D eigenvalue weighted by atomic mass is 10.1. The van der Waals surface area contributed by atoms with Crippen LogP contribution in [-0.2, 0) is 16.1 Å². The highest BCUT2D eigenvalue weighted by molar-refractivity contribution is 5.90. The van der Waals surface area contributed by atoms with Crippen LogP contribution in [0.5, 0.6) is 0 Å². The monoisotopic (exact) mass is 244 g/mol. The second kappa shape index (κ2) is 7.12. The molecule has 0 atom stereocenters. The van der Waals surface area contributed by atoms with Gasteiger partial charge in [-0.2, -0.15) is 0 Å². The van der Waals surface area contributed by atoms with Crippen LogP contribution >= 0.6 is 0 Å². The summed E-state index contributed by atoms with van der Waals surface area (Å²) in [5.41, 5.74) is 1.27. The minimum Gasteiger partial charge on any atom is -0.489 e. The Hall–Kier alpha value is -2.29. The molecule has 0 bridgehead atoms. The summed E-state index contributed by atoms with van der Waals surface area (Å²) in [6, 6.07) is 7.15. The molecule has 94 valence electrons. The molecule has 0 saturated carbocycles. The van der Waals surface area contributed by atoms with E-state index in [1.165, 1.54) is 7.11 Å².